The lowest BCUT2D eigenvalue weighted by Gasteiger charge is -2.19. The molecule has 2 aliphatic carbocycles. The fraction of sp³-hybridized carbons (Fsp3) is 0.812. The number of carbonyl (C=O) groups excluding carboxylic acids is 1. The fourth-order valence-corrected chi connectivity index (χ4v) is 3.69. The molecule has 20 heavy (non-hydrogen) atoms. The largest absolute Gasteiger partial charge is 0.396 e. The molecule has 1 fully saturated rings. The second-order valence-electron chi connectivity index (χ2n) is 6.50. The van der Waals surface area contributed by atoms with Crippen molar-refractivity contribution in [3.63, 3.8) is 0 Å². The van der Waals surface area contributed by atoms with Crippen LogP contribution in [0.25, 0.3) is 0 Å². The van der Waals surface area contributed by atoms with E-state index in [1.54, 1.807) is 19.0 Å². The Morgan fingerprint density at radius 1 is 1.40 bits per heavy atom. The van der Waals surface area contributed by atoms with Gasteiger partial charge >= 0.3 is 0 Å². The molecule has 2 rings (SSSR count). The van der Waals surface area contributed by atoms with Gasteiger partial charge in [-0.25, -0.2) is 0 Å². The summed E-state index contributed by atoms with van der Waals surface area (Å²) in [6.45, 7) is 0.0980. The first kappa shape index (κ1) is 15.5. The van der Waals surface area contributed by atoms with Crippen molar-refractivity contribution in [3.8, 4) is 0 Å². The Bertz CT molecular complexity index is 378. The highest BCUT2D eigenvalue weighted by molar-refractivity contribution is 5.75. The van der Waals surface area contributed by atoms with Crippen molar-refractivity contribution in [2.75, 3.05) is 20.7 Å². The van der Waals surface area contributed by atoms with Gasteiger partial charge in [-0.1, -0.05) is 11.6 Å². The predicted octanol–water partition coefficient (Wildman–Crippen LogP) is 1.57. The van der Waals surface area contributed by atoms with Gasteiger partial charge in [0.1, 0.15) is 0 Å². The molecule has 114 valence electrons. The van der Waals surface area contributed by atoms with Crippen molar-refractivity contribution >= 4 is 5.91 Å². The van der Waals surface area contributed by atoms with Gasteiger partial charge in [-0.05, 0) is 43.9 Å². The van der Waals surface area contributed by atoms with Crippen molar-refractivity contribution in [2.24, 2.45) is 17.8 Å². The molecule has 0 aliphatic heterocycles. The van der Waals surface area contributed by atoms with Gasteiger partial charge in [-0.2, -0.15) is 0 Å². The molecule has 1 amide bonds. The maximum absolute atomic E-state index is 11.5. The van der Waals surface area contributed by atoms with E-state index in [0.717, 1.165) is 32.1 Å². The molecule has 0 bridgehead atoms. The second-order valence-corrected chi connectivity index (χ2v) is 6.50. The molecule has 0 aromatic carbocycles. The van der Waals surface area contributed by atoms with Gasteiger partial charge in [0, 0.05) is 33.0 Å². The molecule has 4 nitrogen and oxygen atoms in total. The van der Waals surface area contributed by atoms with E-state index in [4.69, 9.17) is 0 Å². The molecular weight excluding hydrogens is 254 g/mol. The minimum atomic E-state index is -0.328. The van der Waals surface area contributed by atoms with E-state index < -0.39 is 0 Å². The van der Waals surface area contributed by atoms with Gasteiger partial charge < -0.3 is 15.1 Å². The monoisotopic (exact) mass is 281 g/mol. The number of hydrogen-bond donors (Lipinski definition) is 2. The van der Waals surface area contributed by atoms with Crippen LogP contribution in [-0.4, -0.2) is 47.8 Å². The standard InChI is InChI=1S/C16H27NO3/c1-17(2)16(20)6-4-3-5-11-7-12-9-15(19)14(10-18)13(12)8-11/h7,12-15,18-19H,3-6,8-10H2,1-2H3/t12-,13-,14-,15+/m0/s1. The first-order chi connectivity index (χ1) is 9.52. The third kappa shape index (κ3) is 3.41. The topological polar surface area (TPSA) is 60.8 Å². The minimum Gasteiger partial charge on any atom is -0.396 e. The molecule has 0 spiro atoms. The SMILES string of the molecule is CN(C)C(=O)CCCCC1=C[C@H]2C[C@@H](O)[C@@H](CO)[C@H]2C1. The van der Waals surface area contributed by atoms with Gasteiger partial charge in [-0.15, -0.1) is 0 Å². The Morgan fingerprint density at radius 3 is 2.80 bits per heavy atom. The third-order valence-corrected chi connectivity index (χ3v) is 4.90. The molecule has 0 radical (unpaired) electrons. The van der Waals surface area contributed by atoms with Gasteiger partial charge in [0.05, 0.1) is 6.10 Å². The average Bonchev–Trinajstić information content (AvgIpc) is 2.90. The van der Waals surface area contributed by atoms with E-state index in [1.807, 2.05) is 0 Å². The van der Waals surface area contributed by atoms with Crippen LogP contribution in [0.15, 0.2) is 11.6 Å². The Morgan fingerprint density at radius 2 is 2.15 bits per heavy atom. The van der Waals surface area contributed by atoms with Gasteiger partial charge in [0.25, 0.3) is 0 Å². The molecule has 0 unspecified atom stereocenters. The zero-order valence-electron chi connectivity index (χ0n) is 12.6. The lowest BCUT2D eigenvalue weighted by molar-refractivity contribution is -0.128. The number of rotatable bonds is 6. The molecule has 2 N–H and O–H groups in total. The zero-order chi connectivity index (χ0) is 14.7. The zero-order valence-corrected chi connectivity index (χ0v) is 12.6. The number of nitrogens with zero attached hydrogens (tertiary/aromatic N) is 1. The number of unbranched alkanes of at least 4 members (excludes halogenated alkanes) is 1. The molecular formula is C16H27NO3. The molecule has 0 aromatic heterocycles. The number of aliphatic hydroxyl groups is 2. The van der Waals surface area contributed by atoms with Crippen molar-refractivity contribution in [1.29, 1.82) is 0 Å². The molecule has 4 atom stereocenters. The quantitative estimate of drug-likeness (QED) is 0.574. The number of aliphatic hydroxyl groups excluding tert-OH is 2. The predicted molar refractivity (Wildman–Crippen MR) is 78.0 cm³/mol. The maximum Gasteiger partial charge on any atom is 0.222 e. The number of allylic oxidation sites excluding steroid dienone is 2. The summed E-state index contributed by atoms with van der Waals surface area (Å²) in [5.74, 6) is 1.16. The summed E-state index contributed by atoms with van der Waals surface area (Å²) in [5, 5.41) is 19.2. The van der Waals surface area contributed by atoms with E-state index in [0.29, 0.717) is 18.3 Å². The highest BCUT2D eigenvalue weighted by Gasteiger charge is 2.43. The maximum atomic E-state index is 11.5. The number of carbonyl (C=O) groups is 1. The summed E-state index contributed by atoms with van der Waals surface area (Å²) in [5.41, 5.74) is 1.46. The average molecular weight is 281 g/mol. The van der Waals surface area contributed by atoms with Crippen LogP contribution in [0.4, 0.5) is 0 Å². The molecule has 2 aliphatic rings. The highest BCUT2D eigenvalue weighted by Crippen LogP contribution is 2.47. The molecule has 1 saturated carbocycles. The second kappa shape index (κ2) is 6.72. The van der Waals surface area contributed by atoms with Crippen LogP contribution in [0.2, 0.25) is 0 Å². The van der Waals surface area contributed by atoms with Crippen LogP contribution >= 0.6 is 0 Å². The van der Waals surface area contributed by atoms with Gasteiger partial charge in [0.2, 0.25) is 5.91 Å². The minimum absolute atomic E-state index is 0.0593. The summed E-state index contributed by atoms with van der Waals surface area (Å²) in [7, 11) is 3.59. The smallest absolute Gasteiger partial charge is 0.222 e. The summed E-state index contributed by atoms with van der Waals surface area (Å²) >= 11 is 0. The van der Waals surface area contributed by atoms with E-state index in [1.165, 1.54) is 5.57 Å². The summed E-state index contributed by atoms with van der Waals surface area (Å²) in [6, 6.07) is 0. The fourth-order valence-electron chi connectivity index (χ4n) is 3.69. The Labute approximate surface area is 121 Å². The molecule has 0 heterocycles. The molecule has 0 saturated heterocycles. The lowest BCUT2D eigenvalue weighted by Crippen LogP contribution is -2.23. The van der Waals surface area contributed by atoms with Crippen molar-refractivity contribution in [2.45, 2.75) is 44.6 Å². The number of fused-ring (bicyclic) bond motifs is 1. The van der Waals surface area contributed by atoms with Crippen LogP contribution in [-0.2, 0) is 4.79 Å². The Kier molecular flexibility index (Phi) is 5.22. The summed E-state index contributed by atoms with van der Waals surface area (Å²) in [6.07, 6.45) is 7.50. The molecule has 4 heteroatoms. The normalized spacial score (nSPS) is 32.1. The summed E-state index contributed by atoms with van der Waals surface area (Å²) in [4.78, 5) is 13.1. The first-order valence-corrected chi connectivity index (χ1v) is 7.71. The van der Waals surface area contributed by atoms with Crippen molar-refractivity contribution in [1.82, 2.24) is 4.90 Å². The number of hydrogen-bond acceptors (Lipinski definition) is 3. The molecule has 0 aromatic rings. The Hall–Kier alpha value is -0.870. The van der Waals surface area contributed by atoms with Crippen LogP contribution in [0, 0.1) is 17.8 Å². The highest BCUT2D eigenvalue weighted by atomic mass is 16.3. The van der Waals surface area contributed by atoms with Crippen molar-refractivity contribution in [3.05, 3.63) is 11.6 Å². The van der Waals surface area contributed by atoms with Crippen LogP contribution in [0.1, 0.15) is 38.5 Å². The summed E-state index contributed by atoms with van der Waals surface area (Å²) < 4.78 is 0. The van der Waals surface area contributed by atoms with Crippen molar-refractivity contribution < 1.29 is 15.0 Å². The van der Waals surface area contributed by atoms with Crippen LogP contribution in [0.3, 0.4) is 0 Å². The van der Waals surface area contributed by atoms with E-state index in [2.05, 4.69) is 6.08 Å². The van der Waals surface area contributed by atoms with E-state index >= 15 is 0 Å². The van der Waals surface area contributed by atoms with Crippen LogP contribution < -0.4 is 0 Å². The van der Waals surface area contributed by atoms with Gasteiger partial charge in [-0.3, -0.25) is 4.79 Å². The Balaban J connectivity index is 1.72. The van der Waals surface area contributed by atoms with Gasteiger partial charge in [0.15, 0.2) is 0 Å². The van der Waals surface area contributed by atoms with E-state index in [9.17, 15) is 15.0 Å². The lowest BCUT2D eigenvalue weighted by atomic mass is 9.90. The first-order valence-electron chi connectivity index (χ1n) is 7.71. The third-order valence-electron chi connectivity index (χ3n) is 4.90. The van der Waals surface area contributed by atoms with E-state index in [-0.39, 0.29) is 24.5 Å². The van der Waals surface area contributed by atoms with Crippen LogP contribution in [0.5, 0.6) is 0 Å². The number of amides is 1.